The molecule has 3 nitrogen and oxygen atoms in total. The average molecular weight is 355 g/mol. The Hall–Kier alpha value is -1.36. The summed E-state index contributed by atoms with van der Waals surface area (Å²) in [6.45, 7) is 0.160. The Morgan fingerprint density at radius 3 is 2.45 bits per heavy atom. The minimum Gasteiger partial charge on any atom is -0.462 e. The Balaban J connectivity index is 1.76. The fraction of sp³-hybridized carbons (Fsp3) is 0.250. The van der Waals surface area contributed by atoms with Gasteiger partial charge in [0, 0.05) is 11.5 Å². The molecule has 0 spiro atoms. The van der Waals surface area contributed by atoms with E-state index in [0.717, 1.165) is 0 Å². The molecular weight excluding hydrogens is 343 g/mol. The van der Waals surface area contributed by atoms with Gasteiger partial charge in [-0.2, -0.15) is 0 Å². The molecule has 0 amide bonds. The first-order valence-electron chi connectivity index (χ1n) is 6.71. The van der Waals surface area contributed by atoms with E-state index in [2.05, 4.69) is 0 Å². The molecule has 2 aromatic rings. The van der Waals surface area contributed by atoms with Crippen LogP contribution in [0.25, 0.3) is 0 Å². The van der Waals surface area contributed by atoms with Crippen LogP contribution in [0, 0.1) is 5.92 Å². The monoisotopic (exact) mass is 354 g/mol. The highest BCUT2D eigenvalue weighted by Gasteiger charge is 2.52. The van der Waals surface area contributed by atoms with E-state index in [-0.39, 0.29) is 23.9 Å². The molecule has 0 aliphatic heterocycles. The van der Waals surface area contributed by atoms with Gasteiger partial charge in [-0.05, 0) is 23.9 Å². The molecule has 1 aromatic carbocycles. The molecule has 1 aliphatic carbocycles. The zero-order valence-electron chi connectivity index (χ0n) is 11.4. The van der Waals surface area contributed by atoms with E-state index < -0.39 is 10.3 Å². The standard InChI is InChI=1S/C16H12Cl2O3S/c17-16(18)8-10(16)9-21-15(20)12-5-2-1-4-11(12)14(19)13-6-3-7-22-13/h1-7,10H,8-9H2. The summed E-state index contributed by atoms with van der Waals surface area (Å²) in [6.07, 6.45) is 0.610. The number of rotatable bonds is 5. The highest BCUT2D eigenvalue weighted by atomic mass is 35.5. The summed E-state index contributed by atoms with van der Waals surface area (Å²) in [5.41, 5.74) is 0.602. The second kappa shape index (κ2) is 6.03. The van der Waals surface area contributed by atoms with Crippen molar-refractivity contribution in [2.45, 2.75) is 10.8 Å². The normalized spacial score (nSPS) is 18.7. The molecule has 0 N–H and O–H groups in total. The van der Waals surface area contributed by atoms with Gasteiger partial charge in [0.25, 0.3) is 0 Å². The summed E-state index contributed by atoms with van der Waals surface area (Å²) >= 11 is 13.2. The zero-order chi connectivity index (χ0) is 15.7. The fourth-order valence-corrected chi connectivity index (χ4v) is 3.28. The number of benzene rings is 1. The summed E-state index contributed by atoms with van der Waals surface area (Å²) in [7, 11) is 0. The van der Waals surface area contributed by atoms with Gasteiger partial charge in [-0.15, -0.1) is 34.5 Å². The number of ether oxygens (including phenoxy) is 1. The van der Waals surface area contributed by atoms with Crippen molar-refractivity contribution < 1.29 is 14.3 Å². The Bertz CT molecular complexity index is 710. The second-order valence-electron chi connectivity index (χ2n) is 5.11. The highest BCUT2D eigenvalue weighted by molar-refractivity contribution is 7.12. The maximum Gasteiger partial charge on any atom is 0.338 e. The largest absolute Gasteiger partial charge is 0.462 e. The van der Waals surface area contributed by atoms with Crippen LogP contribution in [0.15, 0.2) is 41.8 Å². The maximum absolute atomic E-state index is 12.4. The van der Waals surface area contributed by atoms with Gasteiger partial charge in [-0.1, -0.05) is 24.3 Å². The van der Waals surface area contributed by atoms with Gasteiger partial charge in [0.15, 0.2) is 0 Å². The van der Waals surface area contributed by atoms with Crippen LogP contribution in [0.5, 0.6) is 0 Å². The van der Waals surface area contributed by atoms with E-state index in [4.69, 9.17) is 27.9 Å². The third kappa shape index (κ3) is 3.19. The molecule has 1 fully saturated rings. The van der Waals surface area contributed by atoms with Crippen molar-refractivity contribution in [2.75, 3.05) is 6.61 Å². The predicted molar refractivity (Wildman–Crippen MR) is 87.0 cm³/mol. The number of hydrogen-bond donors (Lipinski definition) is 0. The van der Waals surface area contributed by atoms with Gasteiger partial charge in [0.1, 0.15) is 4.33 Å². The number of thiophene rings is 1. The van der Waals surface area contributed by atoms with Crippen LogP contribution in [0.2, 0.25) is 0 Å². The molecular formula is C16H12Cl2O3S. The molecule has 1 aromatic heterocycles. The van der Waals surface area contributed by atoms with Crippen molar-refractivity contribution in [3.63, 3.8) is 0 Å². The van der Waals surface area contributed by atoms with E-state index in [0.29, 0.717) is 16.9 Å². The smallest absolute Gasteiger partial charge is 0.338 e. The molecule has 1 atom stereocenters. The fourth-order valence-electron chi connectivity index (χ4n) is 2.10. The minimum absolute atomic E-state index is 0.0417. The molecule has 3 rings (SSSR count). The Labute approximate surface area is 141 Å². The Kier molecular flexibility index (Phi) is 4.26. The highest BCUT2D eigenvalue weighted by Crippen LogP contribution is 2.53. The lowest BCUT2D eigenvalue weighted by Crippen LogP contribution is -2.14. The molecule has 0 saturated heterocycles. The molecule has 0 radical (unpaired) electrons. The third-order valence-electron chi connectivity index (χ3n) is 3.51. The minimum atomic E-state index is -0.785. The third-order valence-corrected chi connectivity index (χ3v) is 5.30. The number of esters is 1. The van der Waals surface area contributed by atoms with Gasteiger partial charge in [-0.3, -0.25) is 4.79 Å². The molecule has 1 saturated carbocycles. The summed E-state index contributed by atoms with van der Waals surface area (Å²) < 4.78 is 4.45. The number of ketones is 1. The average Bonchev–Trinajstić information content (AvgIpc) is 2.94. The van der Waals surface area contributed by atoms with Crippen molar-refractivity contribution in [3.05, 3.63) is 57.8 Å². The lowest BCUT2D eigenvalue weighted by molar-refractivity contribution is 0.0482. The van der Waals surface area contributed by atoms with Crippen LogP contribution in [0.1, 0.15) is 32.0 Å². The van der Waals surface area contributed by atoms with Crippen LogP contribution >= 0.6 is 34.5 Å². The van der Waals surface area contributed by atoms with Crippen LogP contribution < -0.4 is 0 Å². The first kappa shape index (κ1) is 15.5. The summed E-state index contributed by atoms with van der Waals surface area (Å²) in [6, 6.07) is 10.2. The maximum atomic E-state index is 12.4. The number of halogens is 2. The zero-order valence-corrected chi connectivity index (χ0v) is 13.8. The lowest BCUT2D eigenvalue weighted by Gasteiger charge is -2.08. The SMILES string of the molecule is O=C(OCC1CC1(Cl)Cl)c1ccccc1C(=O)c1cccs1. The molecule has 1 aliphatic rings. The van der Waals surface area contributed by atoms with Crippen molar-refractivity contribution in [1.29, 1.82) is 0 Å². The van der Waals surface area contributed by atoms with Crippen molar-refractivity contribution in [2.24, 2.45) is 5.92 Å². The van der Waals surface area contributed by atoms with Crippen LogP contribution in [-0.2, 0) is 4.74 Å². The lowest BCUT2D eigenvalue weighted by atomic mass is 10.0. The topological polar surface area (TPSA) is 43.4 Å². The summed E-state index contributed by atoms with van der Waals surface area (Å²) in [5, 5.41) is 1.82. The van der Waals surface area contributed by atoms with E-state index in [1.54, 1.807) is 36.4 Å². The van der Waals surface area contributed by atoms with E-state index in [1.807, 2.05) is 5.38 Å². The number of alkyl halides is 2. The second-order valence-corrected chi connectivity index (χ2v) is 7.60. The van der Waals surface area contributed by atoms with Gasteiger partial charge in [0.05, 0.1) is 17.0 Å². The molecule has 6 heteroatoms. The van der Waals surface area contributed by atoms with Gasteiger partial charge < -0.3 is 4.74 Å². The summed E-state index contributed by atoms with van der Waals surface area (Å²) in [4.78, 5) is 25.3. The van der Waals surface area contributed by atoms with Gasteiger partial charge in [0.2, 0.25) is 5.78 Å². The quantitative estimate of drug-likeness (QED) is 0.456. The molecule has 1 heterocycles. The van der Waals surface area contributed by atoms with E-state index in [1.165, 1.54) is 11.3 Å². The van der Waals surface area contributed by atoms with Crippen LogP contribution in [0.4, 0.5) is 0 Å². The van der Waals surface area contributed by atoms with E-state index in [9.17, 15) is 9.59 Å². The molecule has 114 valence electrons. The van der Waals surface area contributed by atoms with Crippen molar-refractivity contribution in [3.8, 4) is 0 Å². The first-order chi connectivity index (χ1) is 10.5. The Morgan fingerprint density at radius 1 is 1.18 bits per heavy atom. The Morgan fingerprint density at radius 2 is 1.86 bits per heavy atom. The molecule has 1 unspecified atom stereocenters. The number of carbonyl (C=O) groups excluding carboxylic acids is 2. The molecule has 22 heavy (non-hydrogen) atoms. The number of carbonyl (C=O) groups is 2. The van der Waals surface area contributed by atoms with Crippen LogP contribution in [0.3, 0.4) is 0 Å². The molecule has 0 bridgehead atoms. The van der Waals surface area contributed by atoms with Crippen molar-refractivity contribution >= 4 is 46.3 Å². The van der Waals surface area contributed by atoms with E-state index >= 15 is 0 Å². The number of hydrogen-bond acceptors (Lipinski definition) is 4. The summed E-state index contributed by atoms with van der Waals surface area (Å²) in [5.74, 6) is -0.755. The van der Waals surface area contributed by atoms with Gasteiger partial charge in [-0.25, -0.2) is 4.79 Å². The van der Waals surface area contributed by atoms with Crippen molar-refractivity contribution in [1.82, 2.24) is 0 Å². The first-order valence-corrected chi connectivity index (χ1v) is 8.35. The van der Waals surface area contributed by atoms with Crippen LogP contribution in [-0.4, -0.2) is 22.7 Å². The van der Waals surface area contributed by atoms with Gasteiger partial charge >= 0.3 is 5.97 Å². The predicted octanol–water partition coefficient (Wildman–Crippen LogP) is 4.33.